The Morgan fingerprint density at radius 2 is 2.08 bits per heavy atom. The molecule has 126 valence electrons. The average molecular weight is 343 g/mol. The minimum atomic E-state index is -0.342. The monoisotopic (exact) mass is 343 g/mol. The van der Waals surface area contributed by atoms with Crippen molar-refractivity contribution in [3.8, 4) is 0 Å². The van der Waals surface area contributed by atoms with Gasteiger partial charge in [0.2, 0.25) is 11.8 Å². The fraction of sp³-hybridized carbons (Fsp3) is 0.389. The lowest BCUT2D eigenvalue weighted by atomic mass is 10.1. The molecule has 24 heavy (non-hydrogen) atoms. The van der Waals surface area contributed by atoms with Gasteiger partial charge < -0.3 is 9.80 Å². The first-order valence-corrected chi connectivity index (χ1v) is 9.01. The molecular formula is C18H21N3O2S. The van der Waals surface area contributed by atoms with Gasteiger partial charge in [0.25, 0.3) is 0 Å². The van der Waals surface area contributed by atoms with Gasteiger partial charge in [0.05, 0.1) is 6.54 Å². The second-order valence-corrected chi connectivity index (χ2v) is 6.96. The first-order valence-electron chi connectivity index (χ1n) is 8.13. The van der Waals surface area contributed by atoms with Crippen LogP contribution in [0.5, 0.6) is 0 Å². The smallest absolute Gasteiger partial charge is 0.246 e. The van der Waals surface area contributed by atoms with Crippen LogP contribution in [0, 0.1) is 0 Å². The lowest BCUT2D eigenvalue weighted by molar-refractivity contribution is -0.143. The zero-order chi connectivity index (χ0) is 16.9. The number of benzene rings is 1. The van der Waals surface area contributed by atoms with E-state index in [4.69, 9.17) is 0 Å². The molecule has 5 nitrogen and oxygen atoms in total. The number of hydrogen-bond acceptors (Lipinski definition) is 4. The zero-order valence-electron chi connectivity index (χ0n) is 13.7. The summed E-state index contributed by atoms with van der Waals surface area (Å²) in [6.07, 6.45) is 3.37. The summed E-state index contributed by atoms with van der Waals surface area (Å²) in [5.74, 6) is -0.0125. The highest BCUT2D eigenvalue weighted by Crippen LogP contribution is 2.22. The van der Waals surface area contributed by atoms with E-state index < -0.39 is 0 Å². The number of hydrogen-bond donors (Lipinski definition) is 0. The van der Waals surface area contributed by atoms with E-state index in [-0.39, 0.29) is 17.9 Å². The second kappa shape index (κ2) is 7.57. The van der Waals surface area contributed by atoms with Gasteiger partial charge in [0.15, 0.2) is 0 Å². The molecule has 1 aliphatic rings. The minimum Gasteiger partial charge on any atom is -0.331 e. The topological polar surface area (TPSA) is 53.5 Å². The van der Waals surface area contributed by atoms with Crippen LogP contribution >= 0.6 is 11.3 Å². The maximum atomic E-state index is 13.1. The first kappa shape index (κ1) is 16.6. The first-order chi connectivity index (χ1) is 11.6. The highest BCUT2D eigenvalue weighted by atomic mass is 32.1. The Morgan fingerprint density at radius 3 is 2.75 bits per heavy atom. The van der Waals surface area contributed by atoms with E-state index in [0.717, 1.165) is 23.4 Å². The second-order valence-electron chi connectivity index (χ2n) is 5.98. The summed E-state index contributed by atoms with van der Waals surface area (Å²) >= 11 is 1.54. The highest BCUT2D eigenvalue weighted by molar-refractivity contribution is 7.09. The van der Waals surface area contributed by atoms with Crippen LogP contribution in [0.1, 0.15) is 30.3 Å². The minimum absolute atomic E-state index is 0.0155. The van der Waals surface area contributed by atoms with E-state index in [2.05, 4.69) is 4.98 Å². The molecule has 0 aliphatic carbocycles. The van der Waals surface area contributed by atoms with Crippen molar-refractivity contribution in [3.05, 3.63) is 52.5 Å². The molecule has 1 aliphatic heterocycles. The van der Waals surface area contributed by atoms with Gasteiger partial charge in [-0.05, 0) is 18.4 Å². The largest absolute Gasteiger partial charge is 0.331 e. The number of rotatable bonds is 5. The summed E-state index contributed by atoms with van der Waals surface area (Å²) in [6, 6.07) is 9.59. The van der Waals surface area contributed by atoms with Crippen molar-refractivity contribution in [2.45, 2.75) is 38.9 Å². The third-order valence-corrected chi connectivity index (χ3v) is 5.04. The Bertz CT molecular complexity index is 688. The number of carbonyl (C=O) groups excluding carboxylic acids is 2. The molecule has 0 N–H and O–H groups in total. The molecule has 0 radical (unpaired) electrons. The maximum Gasteiger partial charge on any atom is 0.246 e. The summed E-state index contributed by atoms with van der Waals surface area (Å²) < 4.78 is 0. The molecule has 1 atom stereocenters. The Morgan fingerprint density at radius 1 is 1.29 bits per heavy atom. The van der Waals surface area contributed by atoms with Crippen molar-refractivity contribution >= 4 is 23.2 Å². The predicted molar refractivity (Wildman–Crippen MR) is 93.2 cm³/mol. The Hall–Kier alpha value is -2.21. The van der Waals surface area contributed by atoms with E-state index in [0.29, 0.717) is 19.6 Å². The molecule has 3 rings (SSSR count). The number of thiazole rings is 1. The third kappa shape index (κ3) is 3.82. The van der Waals surface area contributed by atoms with Crippen molar-refractivity contribution < 1.29 is 9.59 Å². The fourth-order valence-corrected chi connectivity index (χ4v) is 3.75. The summed E-state index contributed by atoms with van der Waals surface area (Å²) in [5.41, 5.74) is 1.08. The molecule has 2 amide bonds. The fourth-order valence-electron chi connectivity index (χ4n) is 3.12. The van der Waals surface area contributed by atoms with Crippen LogP contribution < -0.4 is 0 Å². The standard InChI is InChI=1S/C18H21N3O2S/c1-14(22)21-10-5-8-16(21)18(23)20(13-17-19-9-11-24-17)12-15-6-3-2-4-7-15/h2-4,6-7,9,11,16H,5,8,10,12-13H2,1H3/t16-/m1/s1. The van der Waals surface area contributed by atoms with Crippen molar-refractivity contribution in [2.24, 2.45) is 0 Å². The van der Waals surface area contributed by atoms with Crippen molar-refractivity contribution in [2.75, 3.05) is 6.54 Å². The number of nitrogens with zero attached hydrogens (tertiary/aromatic N) is 3. The highest BCUT2D eigenvalue weighted by Gasteiger charge is 2.35. The summed E-state index contributed by atoms with van der Waals surface area (Å²) in [5, 5.41) is 2.82. The van der Waals surface area contributed by atoms with E-state index >= 15 is 0 Å². The molecular weight excluding hydrogens is 322 g/mol. The number of aromatic nitrogens is 1. The van der Waals surface area contributed by atoms with Crippen LogP contribution in [-0.2, 0) is 22.7 Å². The number of carbonyl (C=O) groups is 2. The van der Waals surface area contributed by atoms with Gasteiger partial charge in [0.1, 0.15) is 11.0 Å². The molecule has 6 heteroatoms. The lowest BCUT2D eigenvalue weighted by Crippen LogP contribution is -2.46. The van der Waals surface area contributed by atoms with Crippen LogP contribution in [0.3, 0.4) is 0 Å². The summed E-state index contributed by atoms with van der Waals surface area (Å²) in [7, 11) is 0. The van der Waals surface area contributed by atoms with Gasteiger partial charge in [-0.3, -0.25) is 9.59 Å². The molecule has 1 fully saturated rings. The SMILES string of the molecule is CC(=O)N1CCC[C@@H]1C(=O)N(Cc1ccccc1)Cc1nccs1. The molecule has 2 heterocycles. The zero-order valence-corrected chi connectivity index (χ0v) is 14.5. The van der Waals surface area contributed by atoms with Crippen LogP contribution in [0.4, 0.5) is 0 Å². The molecule has 2 aromatic rings. The van der Waals surface area contributed by atoms with Gasteiger partial charge in [-0.15, -0.1) is 11.3 Å². The van der Waals surface area contributed by atoms with Gasteiger partial charge in [0, 0.05) is 31.6 Å². The Kier molecular flexibility index (Phi) is 5.25. The van der Waals surface area contributed by atoms with E-state index in [9.17, 15) is 9.59 Å². The summed E-state index contributed by atoms with van der Waals surface area (Å²) in [4.78, 5) is 32.7. The van der Waals surface area contributed by atoms with Gasteiger partial charge in [-0.2, -0.15) is 0 Å². The van der Waals surface area contributed by atoms with Crippen molar-refractivity contribution in [1.29, 1.82) is 0 Å². The lowest BCUT2D eigenvalue weighted by Gasteiger charge is -2.29. The third-order valence-electron chi connectivity index (χ3n) is 4.28. The summed E-state index contributed by atoms with van der Waals surface area (Å²) in [6.45, 7) is 3.21. The van der Waals surface area contributed by atoms with E-state index in [1.165, 1.54) is 6.92 Å². The molecule has 0 unspecified atom stereocenters. The van der Waals surface area contributed by atoms with Crippen LogP contribution in [-0.4, -0.2) is 39.2 Å². The molecule has 1 saturated heterocycles. The molecule has 0 saturated carbocycles. The van der Waals surface area contributed by atoms with Crippen LogP contribution in [0.15, 0.2) is 41.9 Å². The van der Waals surface area contributed by atoms with Gasteiger partial charge >= 0.3 is 0 Å². The van der Waals surface area contributed by atoms with E-state index in [1.54, 1.807) is 22.4 Å². The number of likely N-dealkylation sites (tertiary alicyclic amines) is 1. The van der Waals surface area contributed by atoms with Gasteiger partial charge in [-0.1, -0.05) is 30.3 Å². The van der Waals surface area contributed by atoms with Crippen LogP contribution in [0.2, 0.25) is 0 Å². The maximum absolute atomic E-state index is 13.1. The average Bonchev–Trinajstić information content (AvgIpc) is 3.26. The quantitative estimate of drug-likeness (QED) is 0.839. The van der Waals surface area contributed by atoms with E-state index in [1.807, 2.05) is 40.6 Å². The molecule has 0 spiro atoms. The van der Waals surface area contributed by atoms with Crippen molar-refractivity contribution in [3.63, 3.8) is 0 Å². The number of amides is 2. The Labute approximate surface area is 145 Å². The molecule has 1 aromatic heterocycles. The molecule has 0 bridgehead atoms. The van der Waals surface area contributed by atoms with Crippen LogP contribution in [0.25, 0.3) is 0 Å². The van der Waals surface area contributed by atoms with Crippen molar-refractivity contribution in [1.82, 2.24) is 14.8 Å². The predicted octanol–water partition coefficient (Wildman–Crippen LogP) is 2.68. The normalized spacial score (nSPS) is 17.0. The Balaban J connectivity index is 1.80. The molecule has 1 aromatic carbocycles. The van der Waals surface area contributed by atoms with Gasteiger partial charge in [-0.25, -0.2) is 4.98 Å².